The molecule has 8 nitrogen and oxygen atoms in total. The molecule has 0 atom stereocenters. The second-order valence-electron chi connectivity index (χ2n) is 6.00. The Kier molecular flexibility index (Phi) is 6.50. The van der Waals surface area contributed by atoms with Gasteiger partial charge in [-0.1, -0.05) is 40.4 Å². The number of nitro groups is 1. The van der Waals surface area contributed by atoms with Gasteiger partial charge in [0.05, 0.1) is 22.0 Å². The first-order chi connectivity index (χ1) is 14.3. The molecule has 152 valence electrons. The highest BCUT2D eigenvalue weighted by atomic mass is 79.9. The lowest BCUT2D eigenvalue weighted by atomic mass is 10.2. The van der Waals surface area contributed by atoms with Crippen LogP contribution in [-0.4, -0.2) is 27.4 Å². The van der Waals surface area contributed by atoms with Crippen molar-refractivity contribution < 1.29 is 9.66 Å². The fourth-order valence-corrected chi connectivity index (χ4v) is 3.35. The number of terminal acetylenes is 1. The Morgan fingerprint density at radius 1 is 1.43 bits per heavy atom. The van der Waals surface area contributed by atoms with Crippen molar-refractivity contribution >= 4 is 50.3 Å². The summed E-state index contributed by atoms with van der Waals surface area (Å²) in [5.41, 5.74) is 0.00975. The van der Waals surface area contributed by atoms with Crippen LogP contribution in [0.1, 0.15) is 18.3 Å². The second kappa shape index (κ2) is 9.07. The molecular formula is C20H14BrClN4O4. The van der Waals surface area contributed by atoms with Crippen LogP contribution in [0.5, 0.6) is 5.75 Å². The Labute approximate surface area is 184 Å². The molecule has 0 aliphatic heterocycles. The van der Waals surface area contributed by atoms with Crippen molar-refractivity contribution in [3.63, 3.8) is 0 Å². The second-order valence-corrected chi connectivity index (χ2v) is 7.35. The van der Waals surface area contributed by atoms with Crippen molar-refractivity contribution in [1.82, 2.24) is 9.66 Å². The molecule has 0 bridgehead atoms. The quantitative estimate of drug-likeness (QED) is 0.224. The minimum absolute atomic E-state index is 0.0892. The maximum Gasteiger partial charge on any atom is 0.313 e. The monoisotopic (exact) mass is 488 g/mol. The van der Waals surface area contributed by atoms with Crippen LogP contribution in [0.4, 0.5) is 5.69 Å². The third-order valence-electron chi connectivity index (χ3n) is 4.06. The highest BCUT2D eigenvalue weighted by molar-refractivity contribution is 9.10. The van der Waals surface area contributed by atoms with E-state index in [2.05, 4.69) is 31.9 Å². The Morgan fingerprint density at radius 3 is 2.87 bits per heavy atom. The summed E-state index contributed by atoms with van der Waals surface area (Å²) < 4.78 is 7.23. The predicted octanol–water partition coefficient (Wildman–Crippen LogP) is 4.18. The number of benzene rings is 2. The van der Waals surface area contributed by atoms with E-state index in [0.717, 1.165) is 15.2 Å². The van der Waals surface area contributed by atoms with Crippen LogP contribution in [0, 0.1) is 22.5 Å². The molecule has 3 rings (SSSR count). The molecule has 0 unspecified atom stereocenters. The normalized spacial score (nSPS) is 11.0. The first-order valence-electron chi connectivity index (χ1n) is 8.65. The molecule has 0 saturated heterocycles. The number of halogens is 2. The van der Waals surface area contributed by atoms with Gasteiger partial charge in [0.2, 0.25) is 5.75 Å². The Bertz CT molecular complexity index is 1280. The third-order valence-corrected chi connectivity index (χ3v) is 4.77. The number of ether oxygens (including phenoxy) is 1. The molecule has 0 aliphatic carbocycles. The van der Waals surface area contributed by atoms with E-state index in [0.29, 0.717) is 23.1 Å². The standard InChI is InChI=1S/C20H14BrClN4O4/c1-3-7-30-19-12(8-14(22)10-17(19)26(28)29)11-23-25-18(4-2)24-16-6-5-13(21)9-15(16)20(25)27/h1,5-6,8-11H,4,7H2,2H3. The molecule has 0 fully saturated rings. The van der Waals surface area contributed by atoms with Crippen LogP contribution < -0.4 is 10.3 Å². The highest BCUT2D eigenvalue weighted by Gasteiger charge is 2.20. The molecule has 0 saturated carbocycles. The summed E-state index contributed by atoms with van der Waals surface area (Å²) in [6.45, 7) is 1.65. The zero-order valence-electron chi connectivity index (χ0n) is 15.6. The van der Waals surface area contributed by atoms with E-state index in [-0.39, 0.29) is 34.2 Å². The smallest absolute Gasteiger partial charge is 0.313 e. The van der Waals surface area contributed by atoms with Gasteiger partial charge >= 0.3 is 5.69 Å². The first kappa shape index (κ1) is 21.5. The summed E-state index contributed by atoms with van der Waals surface area (Å²) in [6.07, 6.45) is 6.91. The van der Waals surface area contributed by atoms with Crippen molar-refractivity contribution in [3.8, 4) is 18.1 Å². The first-order valence-corrected chi connectivity index (χ1v) is 9.82. The van der Waals surface area contributed by atoms with Gasteiger partial charge < -0.3 is 4.74 Å². The van der Waals surface area contributed by atoms with E-state index in [1.54, 1.807) is 18.2 Å². The lowest BCUT2D eigenvalue weighted by Crippen LogP contribution is -2.22. The van der Waals surface area contributed by atoms with E-state index in [9.17, 15) is 14.9 Å². The van der Waals surface area contributed by atoms with Crippen LogP contribution in [0.2, 0.25) is 5.02 Å². The van der Waals surface area contributed by atoms with E-state index >= 15 is 0 Å². The summed E-state index contributed by atoms with van der Waals surface area (Å²) in [7, 11) is 0. The van der Waals surface area contributed by atoms with Crippen LogP contribution in [0.3, 0.4) is 0 Å². The molecule has 0 N–H and O–H groups in total. The highest BCUT2D eigenvalue weighted by Crippen LogP contribution is 2.33. The van der Waals surface area contributed by atoms with Gasteiger partial charge in [-0.3, -0.25) is 14.9 Å². The largest absolute Gasteiger partial charge is 0.473 e. The van der Waals surface area contributed by atoms with E-state index in [4.69, 9.17) is 22.8 Å². The Morgan fingerprint density at radius 2 is 2.20 bits per heavy atom. The average molecular weight is 490 g/mol. The fourth-order valence-electron chi connectivity index (χ4n) is 2.77. The molecule has 1 aromatic heterocycles. The molecule has 3 aromatic rings. The molecule has 0 radical (unpaired) electrons. The van der Waals surface area contributed by atoms with Gasteiger partial charge in [0.25, 0.3) is 5.56 Å². The van der Waals surface area contributed by atoms with Crippen molar-refractivity contribution in [2.45, 2.75) is 13.3 Å². The summed E-state index contributed by atoms with van der Waals surface area (Å²) >= 11 is 9.36. The van der Waals surface area contributed by atoms with Gasteiger partial charge in [-0.25, -0.2) is 4.98 Å². The number of aryl methyl sites for hydroxylation is 1. The molecule has 30 heavy (non-hydrogen) atoms. The number of rotatable bonds is 6. The number of hydrogen-bond donors (Lipinski definition) is 0. The van der Waals surface area contributed by atoms with Gasteiger partial charge in [0.15, 0.2) is 0 Å². The molecule has 1 heterocycles. The molecule has 10 heteroatoms. The van der Waals surface area contributed by atoms with Crippen molar-refractivity contribution in [3.05, 3.63) is 71.7 Å². The number of nitrogens with zero attached hydrogens (tertiary/aromatic N) is 4. The summed E-state index contributed by atoms with van der Waals surface area (Å²) in [6, 6.07) is 7.78. The van der Waals surface area contributed by atoms with Crippen LogP contribution in [0.15, 0.2) is 44.7 Å². The fraction of sp³-hybridized carbons (Fsp3) is 0.150. The van der Waals surface area contributed by atoms with E-state index < -0.39 is 4.92 Å². The lowest BCUT2D eigenvalue weighted by molar-refractivity contribution is -0.385. The number of nitro benzene ring substituents is 1. The van der Waals surface area contributed by atoms with E-state index in [1.807, 2.05) is 6.92 Å². The number of aromatic nitrogens is 2. The predicted molar refractivity (Wildman–Crippen MR) is 119 cm³/mol. The maximum absolute atomic E-state index is 13.0. The van der Waals surface area contributed by atoms with Crippen LogP contribution in [0.25, 0.3) is 10.9 Å². The number of fused-ring (bicyclic) bond motifs is 1. The maximum atomic E-state index is 13.0. The van der Waals surface area contributed by atoms with Gasteiger partial charge in [-0.15, -0.1) is 6.42 Å². The minimum atomic E-state index is -0.631. The van der Waals surface area contributed by atoms with Crippen molar-refractivity contribution in [2.24, 2.45) is 5.10 Å². The van der Waals surface area contributed by atoms with Gasteiger partial charge in [0, 0.05) is 27.5 Å². The van der Waals surface area contributed by atoms with E-state index in [1.165, 1.54) is 12.3 Å². The molecule has 0 amide bonds. The van der Waals surface area contributed by atoms with Crippen LogP contribution in [-0.2, 0) is 6.42 Å². The summed E-state index contributed by atoms with van der Waals surface area (Å²) in [5, 5.41) is 16.1. The minimum Gasteiger partial charge on any atom is -0.473 e. The zero-order valence-corrected chi connectivity index (χ0v) is 18.0. The topological polar surface area (TPSA) is 99.6 Å². The van der Waals surface area contributed by atoms with Gasteiger partial charge in [0.1, 0.15) is 12.4 Å². The summed E-state index contributed by atoms with van der Waals surface area (Å²) in [5.74, 6) is 2.59. The third kappa shape index (κ3) is 4.35. The molecule has 0 aliphatic rings. The zero-order chi connectivity index (χ0) is 21.8. The SMILES string of the molecule is C#CCOc1c(C=Nn2c(CC)nc3ccc(Br)cc3c2=O)cc(Cl)cc1[N+](=O)[O-]. The van der Waals surface area contributed by atoms with Crippen molar-refractivity contribution in [1.29, 1.82) is 0 Å². The Balaban J connectivity index is 2.19. The van der Waals surface area contributed by atoms with Gasteiger partial charge in [-0.05, 0) is 24.3 Å². The average Bonchev–Trinajstić information content (AvgIpc) is 2.72. The molecule has 0 spiro atoms. The van der Waals surface area contributed by atoms with Crippen LogP contribution >= 0.6 is 27.5 Å². The number of hydrogen-bond acceptors (Lipinski definition) is 6. The molecular weight excluding hydrogens is 476 g/mol. The summed E-state index contributed by atoms with van der Waals surface area (Å²) in [4.78, 5) is 28.2. The molecule has 2 aromatic carbocycles. The van der Waals surface area contributed by atoms with Gasteiger partial charge in [-0.2, -0.15) is 9.78 Å². The lowest BCUT2D eigenvalue weighted by Gasteiger charge is -2.10. The Hall–Kier alpha value is -3.22. The van der Waals surface area contributed by atoms with Crippen molar-refractivity contribution in [2.75, 3.05) is 6.61 Å².